The molecule has 2 N–H and O–H groups in total. The Morgan fingerprint density at radius 3 is 2.62 bits per heavy atom. The normalized spacial score (nSPS) is 18.4. The molecule has 1 atom stereocenters. The SMILES string of the molecule is CC(Nc1ccc(N2CCCC2=O)cc1)C(=O)NCCC1=CCCCC1. The molecule has 3 rings (SSSR count). The summed E-state index contributed by atoms with van der Waals surface area (Å²) >= 11 is 0. The molecule has 0 radical (unpaired) electrons. The van der Waals surface area contributed by atoms with Crippen LogP contribution in [0.1, 0.15) is 51.9 Å². The van der Waals surface area contributed by atoms with Crippen LogP contribution in [0, 0.1) is 0 Å². The Morgan fingerprint density at radius 1 is 1.15 bits per heavy atom. The number of rotatable bonds is 7. The topological polar surface area (TPSA) is 61.4 Å². The Bertz CT molecular complexity index is 666. The zero-order chi connectivity index (χ0) is 18.4. The highest BCUT2D eigenvalue weighted by atomic mass is 16.2. The zero-order valence-corrected chi connectivity index (χ0v) is 15.6. The van der Waals surface area contributed by atoms with Gasteiger partial charge in [0, 0.05) is 30.9 Å². The van der Waals surface area contributed by atoms with Crippen molar-refractivity contribution in [2.75, 3.05) is 23.3 Å². The van der Waals surface area contributed by atoms with Crippen LogP contribution in [0.25, 0.3) is 0 Å². The Labute approximate surface area is 155 Å². The van der Waals surface area contributed by atoms with Crippen molar-refractivity contribution >= 4 is 23.2 Å². The second-order valence-corrected chi connectivity index (χ2v) is 7.21. The fraction of sp³-hybridized carbons (Fsp3) is 0.524. The second kappa shape index (κ2) is 8.88. The predicted octanol–water partition coefficient (Wildman–Crippen LogP) is 3.62. The van der Waals surface area contributed by atoms with Crippen molar-refractivity contribution < 1.29 is 9.59 Å². The first-order valence-electron chi connectivity index (χ1n) is 9.76. The van der Waals surface area contributed by atoms with E-state index in [1.807, 2.05) is 36.1 Å². The van der Waals surface area contributed by atoms with Crippen molar-refractivity contribution in [3.05, 3.63) is 35.9 Å². The van der Waals surface area contributed by atoms with E-state index >= 15 is 0 Å². The fourth-order valence-electron chi connectivity index (χ4n) is 3.61. The molecule has 1 saturated heterocycles. The van der Waals surface area contributed by atoms with E-state index in [-0.39, 0.29) is 17.9 Å². The van der Waals surface area contributed by atoms with Gasteiger partial charge in [-0.25, -0.2) is 0 Å². The van der Waals surface area contributed by atoms with E-state index in [4.69, 9.17) is 0 Å². The van der Waals surface area contributed by atoms with Crippen molar-refractivity contribution in [2.45, 2.75) is 57.9 Å². The molecule has 1 fully saturated rings. The molecule has 2 aliphatic rings. The van der Waals surface area contributed by atoms with Crippen molar-refractivity contribution in [2.24, 2.45) is 0 Å². The minimum atomic E-state index is -0.297. The van der Waals surface area contributed by atoms with E-state index in [0.717, 1.165) is 30.8 Å². The number of allylic oxidation sites excluding steroid dienone is 1. The van der Waals surface area contributed by atoms with E-state index < -0.39 is 0 Å². The van der Waals surface area contributed by atoms with Gasteiger partial charge in [0.15, 0.2) is 0 Å². The van der Waals surface area contributed by atoms with Gasteiger partial charge >= 0.3 is 0 Å². The molecule has 5 heteroatoms. The smallest absolute Gasteiger partial charge is 0.242 e. The highest BCUT2D eigenvalue weighted by molar-refractivity contribution is 5.95. The van der Waals surface area contributed by atoms with Crippen LogP contribution in [-0.2, 0) is 9.59 Å². The lowest BCUT2D eigenvalue weighted by Gasteiger charge is -2.18. The number of nitrogens with zero attached hydrogens (tertiary/aromatic N) is 1. The summed E-state index contributed by atoms with van der Waals surface area (Å²) in [6.07, 6.45) is 9.76. The average molecular weight is 355 g/mol. The molecule has 1 aliphatic carbocycles. The summed E-state index contributed by atoms with van der Waals surface area (Å²) in [6, 6.07) is 7.43. The molecule has 0 aromatic heterocycles. The molecule has 1 heterocycles. The van der Waals surface area contributed by atoms with Gasteiger partial charge in [0.25, 0.3) is 0 Å². The summed E-state index contributed by atoms with van der Waals surface area (Å²) in [6.45, 7) is 3.36. The molecule has 1 aliphatic heterocycles. The summed E-state index contributed by atoms with van der Waals surface area (Å²) in [5.74, 6) is 0.201. The number of benzene rings is 1. The Kier molecular flexibility index (Phi) is 6.31. The van der Waals surface area contributed by atoms with Crippen LogP contribution < -0.4 is 15.5 Å². The number of nitrogens with one attached hydrogen (secondary N) is 2. The number of anilines is 2. The summed E-state index contributed by atoms with van der Waals surface area (Å²) in [5, 5.41) is 6.25. The van der Waals surface area contributed by atoms with E-state index in [9.17, 15) is 9.59 Å². The van der Waals surface area contributed by atoms with E-state index in [2.05, 4.69) is 16.7 Å². The molecule has 26 heavy (non-hydrogen) atoms. The maximum Gasteiger partial charge on any atom is 0.242 e. The monoisotopic (exact) mass is 355 g/mol. The lowest BCUT2D eigenvalue weighted by molar-refractivity contribution is -0.121. The zero-order valence-electron chi connectivity index (χ0n) is 15.6. The van der Waals surface area contributed by atoms with Crippen LogP contribution in [0.4, 0.5) is 11.4 Å². The van der Waals surface area contributed by atoms with E-state index in [1.54, 1.807) is 0 Å². The largest absolute Gasteiger partial charge is 0.374 e. The fourth-order valence-corrected chi connectivity index (χ4v) is 3.61. The number of hydrogen-bond acceptors (Lipinski definition) is 3. The van der Waals surface area contributed by atoms with E-state index in [1.165, 1.54) is 31.3 Å². The highest BCUT2D eigenvalue weighted by Crippen LogP contribution is 2.23. The molecule has 1 aromatic carbocycles. The summed E-state index contributed by atoms with van der Waals surface area (Å²) < 4.78 is 0. The maximum absolute atomic E-state index is 12.3. The molecule has 0 bridgehead atoms. The third-order valence-electron chi connectivity index (χ3n) is 5.16. The highest BCUT2D eigenvalue weighted by Gasteiger charge is 2.21. The van der Waals surface area contributed by atoms with Gasteiger partial charge < -0.3 is 15.5 Å². The van der Waals surface area contributed by atoms with Crippen molar-refractivity contribution in [3.63, 3.8) is 0 Å². The Hall–Kier alpha value is -2.30. The molecule has 0 saturated carbocycles. The second-order valence-electron chi connectivity index (χ2n) is 7.21. The number of amides is 2. The van der Waals surface area contributed by atoms with Crippen LogP contribution in [0.3, 0.4) is 0 Å². The molecular weight excluding hydrogens is 326 g/mol. The van der Waals surface area contributed by atoms with Gasteiger partial charge in [-0.1, -0.05) is 11.6 Å². The minimum absolute atomic E-state index is 0.0141. The van der Waals surface area contributed by atoms with Crippen molar-refractivity contribution in [1.82, 2.24) is 5.32 Å². The van der Waals surface area contributed by atoms with Gasteiger partial charge in [-0.3, -0.25) is 9.59 Å². The van der Waals surface area contributed by atoms with Crippen LogP contribution >= 0.6 is 0 Å². The Morgan fingerprint density at radius 2 is 1.96 bits per heavy atom. The minimum Gasteiger partial charge on any atom is -0.374 e. The molecule has 140 valence electrons. The molecule has 1 aromatic rings. The first-order valence-corrected chi connectivity index (χ1v) is 9.76. The van der Waals surface area contributed by atoms with Gasteiger partial charge in [-0.15, -0.1) is 0 Å². The third kappa shape index (κ3) is 4.87. The van der Waals surface area contributed by atoms with Crippen LogP contribution in [0.2, 0.25) is 0 Å². The molecule has 0 spiro atoms. The maximum atomic E-state index is 12.3. The number of carbonyl (C=O) groups is 2. The third-order valence-corrected chi connectivity index (χ3v) is 5.16. The van der Waals surface area contributed by atoms with Gasteiger partial charge in [-0.05, 0) is 69.7 Å². The predicted molar refractivity (Wildman–Crippen MR) is 105 cm³/mol. The molecule has 1 unspecified atom stereocenters. The quantitative estimate of drug-likeness (QED) is 0.735. The first kappa shape index (κ1) is 18.5. The average Bonchev–Trinajstić information content (AvgIpc) is 3.09. The van der Waals surface area contributed by atoms with Gasteiger partial charge in [0.2, 0.25) is 11.8 Å². The summed E-state index contributed by atoms with van der Waals surface area (Å²) in [5.41, 5.74) is 3.29. The van der Waals surface area contributed by atoms with E-state index in [0.29, 0.717) is 13.0 Å². The first-order chi connectivity index (χ1) is 12.6. The Balaban J connectivity index is 1.44. The van der Waals surface area contributed by atoms with Gasteiger partial charge in [0.1, 0.15) is 6.04 Å². The van der Waals surface area contributed by atoms with Gasteiger partial charge in [-0.2, -0.15) is 0 Å². The number of hydrogen-bond donors (Lipinski definition) is 2. The lowest BCUT2D eigenvalue weighted by atomic mass is 9.97. The summed E-state index contributed by atoms with van der Waals surface area (Å²) in [4.78, 5) is 25.9. The van der Waals surface area contributed by atoms with Crippen LogP contribution in [-0.4, -0.2) is 30.9 Å². The van der Waals surface area contributed by atoms with Crippen molar-refractivity contribution in [3.8, 4) is 0 Å². The molecule has 5 nitrogen and oxygen atoms in total. The molecular formula is C21H29N3O2. The van der Waals surface area contributed by atoms with Crippen molar-refractivity contribution in [1.29, 1.82) is 0 Å². The van der Waals surface area contributed by atoms with Gasteiger partial charge in [0.05, 0.1) is 0 Å². The lowest BCUT2D eigenvalue weighted by Crippen LogP contribution is -2.38. The number of carbonyl (C=O) groups excluding carboxylic acids is 2. The van der Waals surface area contributed by atoms with Crippen LogP contribution in [0.15, 0.2) is 35.9 Å². The standard InChI is InChI=1S/C21H29N3O2/c1-16(21(26)22-14-13-17-6-3-2-4-7-17)23-18-9-11-19(12-10-18)24-15-5-8-20(24)25/h6,9-12,16,23H,2-5,7-8,13-15H2,1H3,(H,22,26). The summed E-state index contributed by atoms with van der Waals surface area (Å²) in [7, 11) is 0. The van der Waals surface area contributed by atoms with Crippen LogP contribution in [0.5, 0.6) is 0 Å². The molecule has 2 amide bonds.